The largest absolute Gasteiger partial charge is 0.465 e. The number of methoxy groups -OCH3 is 1. The zero-order chi connectivity index (χ0) is 16.9. The Morgan fingerprint density at radius 2 is 2.13 bits per heavy atom. The van der Waals surface area contributed by atoms with Crippen LogP contribution in [0.3, 0.4) is 0 Å². The zero-order valence-electron chi connectivity index (χ0n) is 12.9. The number of sulfone groups is 1. The van der Waals surface area contributed by atoms with Crippen molar-refractivity contribution in [3.05, 3.63) is 29.8 Å². The van der Waals surface area contributed by atoms with Gasteiger partial charge in [-0.1, -0.05) is 6.07 Å². The summed E-state index contributed by atoms with van der Waals surface area (Å²) in [5, 5.41) is 5.78. The smallest absolute Gasteiger partial charge is 0.337 e. The van der Waals surface area contributed by atoms with E-state index in [0.717, 1.165) is 0 Å². The van der Waals surface area contributed by atoms with E-state index in [1.165, 1.54) is 7.11 Å². The van der Waals surface area contributed by atoms with Gasteiger partial charge in [0.2, 0.25) is 5.91 Å². The number of hydrogen-bond donors (Lipinski definition) is 2. The minimum absolute atomic E-state index is 0.0737. The molecule has 0 radical (unpaired) electrons. The molecule has 1 amide bonds. The van der Waals surface area contributed by atoms with Crippen LogP contribution in [0.25, 0.3) is 0 Å². The lowest BCUT2D eigenvalue weighted by atomic mass is 10.2. The minimum atomic E-state index is -2.92. The van der Waals surface area contributed by atoms with Crippen molar-refractivity contribution in [3.8, 4) is 0 Å². The van der Waals surface area contributed by atoms with Crippen molar-refractivity contribution in [1.29, 1.82) is 0 Å². The van der Waals surface area contributed by atoms with E-state index in [-0.39, 0.29) is 29.9 Å². The molecule has 0 spiro atoms. The molecule has 1 aliphatic heterocycles. The van der Waals surface area contributed by atoms with Crippen molar-refractivity contribution in [1.82, 2.24) is 5.32 Å². The molecule has 1 aromatic carbocycles. The molecule has 7 nitrogen and oxygen atoms in total. The lowest BCUT2D eigenvalue weighted by molar-refractivity contribution is -0.116. The summed E-state index contributed by atoms with van der Waals surface area (Å²) >= 11 is 0. The van der Waals surface area contributed by atoms with E-state index in [0.29, 0.717) is 24.2 Å². The summed E-state index contributed by atoms with van der Waals surface area (Å²) in [6.45, 7) is 0.405. The number of ether oxygens (including phenoxy) is 1. The van der Waals surface area contributed by atoms with Crippen LogP contribution in [-0.2, 0) is 19.4 Å². The average molecular weight is 340 g/mol. The average Bonchev–Trinajstić information content (AvgIpc) is 2.86. The summed E-state index contributed by atoms with van der Waals surface area (Å²) in [4.78, 5) is 23.3. The fourth-order valence-electron chi connectivity index (χ4n) is 2.41. The molecule has 1 aromatic rings. The second kappa shape index (κ2) is 7.56. The first-order chi connectivity index (χ1) is 10.9. The van der Waals surface area contributed by atoms with Gasteiger partial charge in [-0.25, -0.2) is 13.2 Å². The first-order valence-electron chi connectivity index (χ1n) is 7.31. The third kappa shape index (κ3) is 5.33. The van der Waals surface area contributed by atoms with Crippen LogP contribution >= 0.6 is 0 Å². The molecule has 1 heterocycles. The first kappa shape index (κ1) is 17.4. The molecule has 2 N–H and O–H groups in total. The Labute approximate surface area is 135 Å². The van der Waals surface area contributed by atoms with Crippen LogP contribution in [0.15, 0.2) is 24.3 Å². The molecule has 1 aliphatic rings. The van der Waals surface area contributed by atoms with E-state index in [1.54, 1.807) is 24.3 Å². The molecule has 0 bridgehead atoms. The molecule has 0 aromatic heterocycles. The molecule has 1 saturated heterocycles. The highest BCUT2D eigenvalue weighted by atomic mass is 32.2. The van der Waals surface area contributed by atoms with Crippen LogP contribution in [0.1, 0.15) is 23.2 Å². The van der Waals surface area contributed by atoms with Crippen molar-refractivity contribution in [2.45, 2.75) is 18.9 Å². The highest BCUT2D eigenvalue weighted by Gasteiger charge is 2.27. The second-order valence-electron chi connectivity index (χ2n) is 5.42. The maximum atomic E-state index is 11.9. The van der Waals surface area contributed by atoms with Crippen molar-refractivity contribution in [2.24, 2.45) is 0 Å². The van der Waals surface area contributed by atoms with Crippen LogP contribution in [0.4, 0.5) is 5.69 Å². The van der Waals surface area contributed by atoms with Crippen LogP contribution < -0.4 is 10.6 Å². The van der Waals surface area contributed by atoms with Gasteiger partial charge in [-0.2, -0.15) is 0 Å². The van der Waals surface area contributed by atoms with Gasteiger partial charge in [0.05, 0.1) is 24.2 Å². The molecule has 8 heteroatoms. The van der Waals surface area contributed by atoms with Gasteiger partial charge in [0, 0.05) is 24.7 Å². The van der Waals surface area contributed by atoms with E-state index >= 15 is 0 Å². The Hall–Kier alpha value is -1.93. The standard InChI is InChI=1S/C15H20N2O5S/c1-22-15(19)11-3-2-4-12(9-11)17-14(18)5-7-16-13-6-8-23(20,21)10-13/h2-4,9,13,16H,5-8,10H2,1H3,(H,17,18). The lowest BCUT2D eigenvalue weighted by Gasteiger charge is -2.11. The highest BCUT2D eigenvalue weighted by molar-refractivity contribution is 7.91. The van der Waals surface area contributed by atoms with Crippen LogP contribution in [0.2, 0.25) is 0 Å². The molecule has 2 rings (SSSR count). The SMILES string of the molecule is COC(=O)c1cccc(NC(=O)CCNC2CCS(=O)(=O)C2)c1. The number of benzene rings is 1. The number of rotatable bonds is 6. The minimum Gasteiger partial charge on any atom is -0.465 e. The third-order valence-electron chi connectivity index (χ3n) is 3.58. The summed E-state index contributed by atoms with van der Waals surface area (Å²) in [5.74, 6) is -0.335. The molecule has 0 saturated carbocycles. The van der Waals surface area contributed by atoms with Crippen LogP contribution in [0.5, 0.6) is 0 Å². The Bertz CT molecular complexity index is 687. The van der Waals surface area contributed by atoms with Crippen molar-refractivity contribution < 1.29 is 22.7 Å². The zero-order valence-corrected chi connectivity index (χ0v) is 13.7. The van der Waals surface area contributed by atoms with Gasteiger partial charge in [-0.15, -0.1) is 0 Å². The van der Waals surface area contributed by atoms with Gasteiger partial charge >= 0.3 is 5.97 Å². The van der Waals surface area contributed by atoms with E-state index in [1.807, 2.05) is 0 Å². The molecular formula is C15H20N2O5S. The van der Waals surface area contributed by atoms with Crippen LogP contribution in [-0.4, -0.2) is 51.5 Å². The predicted octanol–water partition coefficient (Wildman–Crippen LogP) is 0.579. The molecule has 1 atom stereocenters. The third-order valence-corrected chi connectivity index (χ3v) is 5.35. The number of carbonyl (C=O) groups is 2. The Morgan fingerprint density at radius 1 is 1.35 bits per heavy atom. The summed E-state index contributed by atoms with van der Waals surface area (Å²) < 4.78 is 27.3. The molecule has 0 aliphatic carbocycles. The van der Waals surface area contributed by atoms with Crippen molar-refractivity contribution >= 4 is 27.4 Å². The normalized spacial score (nSPS) is 19.3. The Kier molecular flexibility index (Phi) is 5.73. The fourth-order valence-corrected chi connectivity index (χ4v) is 4.12. The van der Waals surface area contributed by atoms with Gasteiger partial charge in [0.1, 0.15) is 0 Å². The van der Waals surface area contributed by atoms with Gasteiger partial charge < -0.3 is 15.4 Å². The summed E-state index contributed by atoms with van der Waals surface area (Å²) in [6, 6.07) is 6.41. The monoisotopic (exact) mass is 340 g/mol. The highest BCUT2D eigenvalue weighted by Crippen LogP contribution is 2.13. The Morgan fingerprint density at radius 3 is 2.78 bits per heavy atom. The van der Waals surface area contributed by atoms with Crippen LogP contribution in [0, 0.1) is 0 Å². The number of hydrogen-bond acceptors (Lipinski definition) is 6. The summed E-state index contributed by atoms with van der Waals surface area (Å²) in [6.07, 6.45) is 0.810. The number of amides is 1. The predicted molar refractivity (Wildman–Crippen MR) is 86.1 cm³/mol. The van der Waals surface area contributed by atoms with E-state index in [9.17, 15) is 18.0 Å². The topological polar surface area (TPSA) is 102 Å². The molecule has 126 valence electrons. The number of carbonyl (C=O) groups excluding carboxylic acids is 2. The van der Waals surface area contributed by atoms with E-state index in [2.05, 4.69) is 15.4 Å². The summed E-state index contributed by atoms with van der Waals surface area (Å²) in [5.41, 5.74) is 0.876. The quantitative estimate of drug-likeness (QED) is 0.735. The number of nitrogens with one attached hydrogen (secondary N) is 2. The second-order valence-corrected chi connectivity index (χ2v) is 7.65. The maximum Gasteiger partial charge on any atom is 0.337 e. The van der Waals surface area contributed by atoms with Gasteiger partial charge in [0.15, 0.2) is 9.84 Å². The molecule has 1 fully saturated rings. The molecule has 1 unspecified atom stereocenters. The van der Waals surface area contributed by atoms with E-state index in [4.69, 9.17) is 0 Å². The number of anilines is 1. The fraction of sp³-hybridized carbons (Fsp3) is 0.467. The molecule has 23 heavy (non-hydrogen) atoms. The maximum absolute atomic E-state index is 11.9. The van der Waals surface area contributed by atoms with Gasteiger partial charge in [-0.3, -0.25) is 4.79 Å². The van der Waals surface area contributed by atoms with Gasteiger partial charge in [-0.05, 0) is 24.6 Å². The Balaban J connectivity index is 1.78. The van der Waals surface area contributed by atoms with E-state index < -0.39 is 15.8 Å². The summed E-state index contributed by atoms with van der Waals surface area (Å²) in [7, 11) is -1.62. The lowest BCUT2D eigenvalue weighted by Crippen LogP contribution is -2.32. The van der Waals surface area contributed by atoms with Crippen molar-refractivity contribution in [2.75, 3.05) is 30.5 Å². The number of esters is 1. The first-order valence-corrected chi connectivity index (χ1v) is 9.14. The van der Waals surface area contributed by atoms with Crippen molar-refractivity contribution in [3.63, 3.8) is 0 Å². The molecular weight excluding hydrogens is 320 g/mol. The van der Waals surface area contributed by atoms with Gasteiger partial charge in [0.25, 0.3) is 0 Å².